The molecule has 0 bridgehead atoms. The highest BCUT2D eigenvalue weighted by molar-refractivity contribution is 6.39. The Labute approximate surface area is 150 Å². The summed E-state index contributed by atoms with van der Waals surface area (Å²) in [6.45, 7) is 1.61. The molecule has 2 rings (SSSR count). The summed E-state index contributed by atoms with van der Waals surface area (Å²) < 4.78 is 13.6. The van der Waals surface area contributed by atoms with Crippen LogP contribution < -0.4 is 16.0 Å². The minimum Gasteiger partial charge on any atom is -0.348 e. The van der Waals surface area contributed by atoms with Crippen molar-refractivity contribution in [2.24, 2.45) is 0 Å². The normalized spacial score (nSPS) is 10.1. The van der Waals surface area contributed by atoms with E-state index in [4.69, 9.17) is 0 Å². The van der Waals surface area contributed by atoms with Gasteiger partial charge in [-0.1, -0.05) is 30.3 Å². The molecule has 0 aliphatic carbocycles. The first kappa shape index (κ1) is 19.1. The van der Waals surface area contributed by atoms with E-state index >= 15 is 0 Å². The highest BCUT2D eigenvalue weighted by Crippen LogP contribution is 2.19. The number of benzene rings is 2. The molecule has 0 fully saturated rings. The van der Waals surface area contributed by atoms with Crippen LogP contribution >= 0.6 is 0 Å². The predicted molar refractivity (Wildman–Crippen MR) is 97.1 cm³/mol. The molecule has 0 unspecified atom stereocenters. The Morgan fingerprint density at radius 3 is 2.38 bits per heavy atom. The maximum atomic E-state index is 13.6. The summed E-state index contributed by atoms with van der Waals surface area (Å²) in [4.78, 5) is 34.7. The summed E-state index contributed by atoms with van der Waals surface area (Å²) in [7, 11) is 0. The molecule has 0 aliphatic rings. The lowest BCUT2D eigenvalue weighted by Gasteiger charge is -2.09. The molecule has 2 aromatic rings. The van der Waals surface area contributed by atoms with Crippen LogP contribution in [0.3, 0.4) is 0 Å². The lowest BCUT2D eigenvalue weighted by atomic mass is 10.1. The van der Waals surface area contributed by atoms with Gasteiger partial charge in [0.25, 0.3) is 0 Å². The summed E-state index contributed by atoms with van der Waals surface area (Å²) in [5, 5.41) is 7.22. The Hall–Kier alpha value is -3.22. The van der Waals surface area contributed by atoms with Crippen molar-refractivity contribution in [3.63, 3.8) is 0 Å². The van der Waals surface area contributed by atoms with Gasteiger partial charge in [-0.3, -0.25) is 14.4 Å². The van der Waals surface area contributed by atoms with Crippen LogP contribution in [0.5, 0.6) is 0 Å². The number of amides is 3. The zero-order valence-electron chi connectivity index (χ0n) is 14.3. The van der Waals surface area contributed by atoms with Crippen LogP contribution in [0.2, 0.25) is 0 Å². The molecule has 0 saturated heterocycles. The predicted octanol–water partition coefficient (Wildman–Crippen LogP) is 2.47. The SMILES string of the molecule is CC(=O)Nc1cc(NC(=O)C(=O)NCCCc2ccccc2)ccc1F. The van der Waals surface area contributed by atoms with Crippen LogP contribution in [0, 0.1) is 5.82 Å². The number of hydrogen-bond donors (Lipinski definition) is 3. The van der Waals surface area contributed by atoms with Gasteiger partial charge in [-0.25, -0.2) is 4.39 Å². The summed E-state index contributed by atoms with van der Waals surface area (Å²) in [5.41, 5.74) is 1.29. The molecular weight excluding hydrogens is 337 g/mol. The van der Waals surface area contributed by atoms with E-state index in [1.54, 1.807) is 0 Å². The summed E-state index contributed by atoms with van der Waals surface area (Å²) in [6.07, 6.45) is 1.49. The third-order valence-electron chi connectivity index (χ3n) is 3.51. The molecule has 3 N–H and O–H groups in total. The number of nitrogens with one attached hydrogen (secondary N) is 3. The van der Waals surface area contributed by atoms with Crippen LogP contribution in [0.4, 0.5) is 15.8 Å². The summed E-state index contributed by atoms with van der Waals surface area (Å²) >= 11 is 0. The molecule has 7 heteroatoms. The monoisotopic (exact) mass is 357 g/mol. The number of carbonyl (C=O) groups is 3. The highest BCUT2D eigenvalue weighted by Gasteiger charge is 2.14. The van der Waals surface area contributed by atoms with E-state index in [1.165, 1.54) is 19.1 Å². The molecule has 0 radical (unpaired) electrons. The largest absolute Gasteiger partial charge is 0.348 e. The molecule has 3 amide bonds. The second-order valence-electron chi connectivity index (χ2n) is 5.67. The Bertz CT molecular complexity index is 794. The molecule has 0 atom stereocenters. The van der Waals surface area contributed by atoms with Crippen LogP contribution in [-0.2, 0) is 20.8 Å². The van der Waals surface area contributed by atoms with Crippen molar-refractivity contribution < 1.29 is 18.8 Å². The van der Waals surface area contributed by atoms with Crippen molar-refractivity contribution in [3.05, 3.63) is 59.9 Å². The maximum absolute atomic E-state index is 13.6. The first-order valence-corrected chi connectivity index (χ1v) is 8.16. The van der Waals surface area contributed by atoms with E-state index in [0.29, 0.717) is 13.0 Å². The molecule has 6 nitrogen and oxygen atoms in total. The third kappa shape index (κ3) is 6.01. The number of rotatable bonds is 6. The van der Waals surface area contributed by atoms with Crippen molar-refractivity contribution >= 4 is 29.1 Å². The Morgan fingerprint density at radius 1 is 0.962 bits per heavy atom. The van der Waals surface area contributed by atoms with Gasteiger partial charge < -0.3 is 16.0 Å². The van der Waals surface area contributed by atoms with E-state index in [-0.39, 0.29) is 11.4 Å². The number of aryl methyl sites for hydroxylation is 1. The third-order valence-corrected chi connectivity index (χ3v) is 3.51. The summed E-state index contributed by atoms with van der Waals surface area (Å²) in [6, 6.07) is 13.5. The minimum atomic E-state index is -0.856. The molecule has 136 valence electrons. The van der Waals surface area contributed by atoms with Crippen molar-refractivity contribution in [1.29, 1.82) is 0 Å². The van der Waals surface area contributed by atoms with Gasteiger partial charge in [-0.2, -0.15) is 0 Å². The van der Waals surface area contributed by atoms with Gasteiger partial charge in [0, 0.05) is 19.2 Å². The standard InChI is InChI=1S/C19H20FN3O3/c1-13(24)22-17-12-15(9-10-16(17)20)23-19(26)18(25)21-11-5-8-14-6-3-2-4-7-14/h2-4,6-7,9-10,12H,5,8,11H2,1H3,(H,21,25)(H,22,24)(H,23,26). The van der Waals surface area contributed by atoms with Crippen molar-refractivity contribution in [3.8, 4) is 0 Å². The number of carbonyl (C=O) groups excluding carboxylic acids is 3. The zero-order valence-corrected chi connectivity index (χ0v) is 14.3. The first-order chi connectivity index (χ1) is 12.5. The highest BCUT2D eigenvalue weighted by atomic mass is 19.1. The Balaban J connectivity index is 1.81. The fourth-order valence-electron chi connectivity index (χ4n) is 2.30. The fraction of sp³-hybridized carbons (Fsp3) is 0.211. The van der Waals surface area contributed by atoms with Gasteiger partial charge in [0.1, 0.15) is 5.82 Å². The van der Waals surface area contributed by atoms with Gasteiger partial charge in [0.2, 0.25) is 5.91 Å². The zero-order chi connectivity index (χ0) is 18.9. The molecule has 0 aromatic heterocycles. The Kier molecular flexibility index (Phi) is 6.84. The number of halogens is 1. The van der Waals surface area contributed by atoms with Gasteiger partial charge in [-0.15, -0.1) is 0 Å². The second kappa shape index (κ2) is 9.31. The van der Waals surface area contributed by atoms with Crippen molar-refractivity contribution in [1.82, 2.24) is 5.32 Å². The van der Waals surface area contributed by atoms with E-state index in [2.05, 4.69) is 16.0 Å². The van der Waals surface area contributed by atoms with E-state index < -0.39 is 23.5 Å². The number of hydrogen-bond acceptors (Lipinski definition) is 3. The van der Waals surface area contributed by atoms with E-state index in [9.17, 15) is 18.8 Å². The molecular formula is C19H20FN3O3. The van der Waals surface area contributed by atoms with Gasteiger partial charge in [-0.05, 0) is 36.6 Å². The molecule has 26 heavy (non-hydrogen) atoms. The quantitative estimate of drug-likeness (QED) is 0.548. The summed E-state index contributed by atoms with van der Waals surface area (Å²) in [5.74, 6) is -2.71. The lowest BCUT2D eigenvalue weighted by Crippen LogP contribution is -2.36. The molecule has 0 spiro atoms. The van der Waals surface area contributed by atoms with Gasteiger partial charge in [0.05, 0.1) is 5.69 Å². The van der Waals surface area contributed by atoms with Crippen molar-refractivity contribution in [2.75, 3.05) is 17.2 Å². The Morgan fingerprint density at radius 2 is 1.69 bits per heavy atom. The average Bonchev–Trinajstić information content (AvgIpc) is 2.62. The van der Waals surface area contributed by atoms with Crippen molar-refractivity contribution in [2.45, 2.75) is 19.8 Å². The van der Waals surface area contributed by atoms with E-state index in [0.717, 1.165) is 18.1 Å². The van der Waals surface area contributed by atoms with Gasteiger partial charge >= 0.3 is 11.8 Å². The second-order valence-corrected chi connectivity index (χ2v) is 5.67. The smallest absolute Gasteiger partial charge is 0.313 e. The van der Waals surface area contributed by atoms with Crippen LogP contribution in [0.1, 0.15) is 18.9 Å². The molecule has 0 heterocycles. The average molecular weight is 357 g/mol. The van der Waals surface area contributed by atoms with Crippen LogP contribution in [0.15, 0.2) is 48.5 Å². The lowest BCUT2D eigenvalue weighted by molar-refractivity contribution is -0.136. The van der Waals surface area contributed by atoms with Gasteiger partial charge in [0.15, 0.2) is 0 Å². The fourth-order valence-corrected chi connectivity index (χ4v) is 2.30. The van der Waals surface area contributed by atoms with Crippen LogP contribution in [0.25, 0.3) is 0 Å². The van der Waals surface area contributed by atoms with E-state index in [1.807, 2.05) is 30.3 Å². The van der Waals surface area contributed by atoms with Crippen LogP contribution in [-0.4, -0.2) is 24.3 Å². The first-order valence-electron chi connectivity index (χ1n) is 8.16. The molecule has 0 aliphatic heterocycles. The minimum absolute atomic E-state index is 0.0708. The maximum Gasteiger partial charge on any atom is 0.313 e. The topological polar surface area (TPSA) is 87.3 Å². The number of anilines is 2. The molecule has 2 aromatic carbocycles. The molecule has 0 saturated carbocycles.